The summed E-state index contributed by atoms with van der Waals surface area (Å²) in [7, 11) is 0. The fourth-order valence-electron chi connectivity index (χ4n) is 0. The van der Waals surface area contributed by atoms with Crippen molar-refractivity contribution in [2.75, 3.05) is 13.7 Å². The molecule has 0 radical (unpaired) electrons. The third-order valence-corrected chi connectivity index (χ3v) is 4.07. The van der Waals surface area contributed by atoms with E-state index in [1.807, 2.05) is 0 Å². The van der Waals surface area contributed by atoms with Gasteiger partial charge in [-0.1, -0.05) is 0 Å². The van der Waals surface area contributed by atoms with Gasteiger partial charge in [-0.15, -0.1) is 0 Å². The summed E-state index contributed by atoms with van der Waals surface area (Å²) in [5, 5.41) is 0. The van der Waals surface area contributed by atoms with E-state index in [0.29, 0.717) is 0 Å². The number of rotatable bonds is 1. The number of halogens is 2. The molecular weight excluding hydrogens is 198 g/mol. The van der Waals surface area contributed by atoms with Crippen LogP contribution in [-0.4, -0.2) is 13.7 Å². The molecule has 0 aromatic carbocycles. The number of hydrogen-bond acceptors (Lipinski definition) is 0. The van der Waals surface area contributed by atoms with Gasteiger partial charge in [0.2, 0.25) is 0 Å². The zero-order valence-corrected chi connectivity index (χ0v) is 6.38. The van der Waals surface area contributed by atoms with Crippen LogP contribution in [0.15, 0.2) is 0 Å². The Morgan fingerprint density at radius 1 is 1.60 bits per heavy atom. The molecule has 5 heavy (non-hydrogen) atoms. The summed E-state index contributed by atoms with van der Waals surface area (Å²) >= 11 is 4.89. The summed E-state index contributed by atoms with van der Waals surface area (Å²) in [5.74, 6) is 0. The van der Waals surface area contributed by atoms with Crippen LogP contribution < -0.4 is 0 Å². The Morgan fingerprint density at radius 2 is 1.80 bits per heavy atom. The van der Waals surface area contributed by atoms with Crippen molar-refractivity contribution in [3.8, 4) is 0 Å². The fraction of sp³-hybridized carbons (Fsp3) is 1.00. The molecule has 0 aromatic rings. The van der Waals surface area contributed by atoms with E-state index >= 15 is 0 Å². The average Bonchev–Trinajstić information content (AvgIpc) is 1.38. The molecule has 0 atom stereocenters. The van der Waals surface area contributed by atoms with Gasteiger partial charge in [0.05, 0.1) is 0 Å². The van der Waals surface area contributed by atoms with Gasteiger partial charge in [0.25, 0.3) is 0 Å². The van der Waals surface area contributed by atoms with E-state index in [-0.39, 0.29) is 0 Å². The van der Waals surface area contributed by atoms with Gasteiger partial charge in [0.15, 0.2) is 0 Å². The van der Waals surface area contributed by atoms with Gasteiger partial charge in [-0.2, -0.15) is 0 Å². The van der Waals surface area contributed by atoms with Crippen LogP contribution in [0.1, 0.15) is 0 Å². The summed E-state index contributed by atoms with van der Waals surface area (Å²) in [6.07, 6.45) is 0. The van der Waals surface area contributed by atoms with E-state index in [1.54, 1.807) is 0 Å². The van der Waals surface area contributed by atoms with Gasteiger partial charge >= 0.3 is 45.2 Å². The van der Waals surface area contributed by atoms with Crippen molar-refractivity contribution in [2.24, 2.45) is 0 Å². The Balaban J connectivity index is 2.54. The molecule has 0 amide bonds. The summed E-state index contributed by atoms with van der Waals surface area (Å²) in [5.41, 5.74) is 0. The van der Waals surface area contributed by atoms with E-state index in [2.05, 4.69) is 9.86 Å². The molecule has 0 saturated heterocycles. The molecule has 34 valence electrons. The van der Waals surface area contributed by atoms with Crippen LogP contribution >= 0.6 is 31.4 Å². The van der Waals surface area contributed by atoms with Crippen molar-refractivity contribution in [3.63, 3.8) is 0 Å². The summed E-state index contributed by atoms with van der Waals surface area (Å²) < 4.78 is 0.934. The van der Waals surface area contributed by atoms with Gasteiger partial charge in [0.1, 0.15) is 0 Å². The minimum atomic E-state index is -0.517. The van der Waals surface area contributed by atoms with Crippen LogP contribution in [0.2, 0.25) is 0 Å². The Hall–Kier alpha value is 1.02. The van der Waals surface area contributed by atoms with Crippen LogP contribution in [0.3, 0.4) is 0 Å². The topological polar surface area (TPSA) is 0 Å². The van der Waals surface area contributed by atoms with Gasteiger partial charge < -0.3 is 0 Å². The van der Waals surface area contributed by atoms with E-state index in [9.17, 15) is 0 Å². The molecule has 0 aliphatic heterocycles. The minimum absolute atomic E-state index is 0.517. The molecule has 0 heterocycles. The molecule has 0 spiro atoms. The van der Waals surface area contributed by atoms with Gasteiger partial charge in [-0.05, 0) is 0 Å². The van der Waals surface area contributed by atoms with E-state index in [4.69, 9.17) is 11.6 Å². The standard InChI is InChI=1S/C3H8ClI/c1-5(2)3-4/h3H2,1-2H3. The molecular formula is C3H8ClI. The molecule has 0 fully saturated rings. The second-order valence-corrected chi connectivity index (χ2v) is 8.15. The van der Waals surface area contributed by atoms with Crippen LogP contribution in [0.25, 0.3) is 0 Å². The molecule has 0 aliphatic carbocycles. The summed E-state index contributed by atoms with van der Waals surface area (Å²) in [6, 6.07) is 0. The summed E-state index contributed by atoms with van der Waals surface area (Å²) in [4.78, 5) is 4.49. The van der Waals surface area contributed by atoms with Crippen LogP contribution in [0.5, 0.6) is 0 Å². The van der Waals surface area contributed by atoms with E-state index < -0.39 is 19.8 Å². The quantitative estimate of drug-likeness (QED) is 0.454. The molecule has 2 heteroatoms. The Kier molecular flexibility index (Phi) is 3.88. The molecule has 0 unspecified atom stereocenters. The monoisotopic (exact) mass is 206 g/mol. The molecule has 0 aromatic heterocycles. The molecule has 0 N–H and O–H groups in total. The van der Waals surface area contributed by atoms with Crippen molar-refractivity contribution in [1.82, 2.24) is 0 Å². The molecule has 0 rings (SSSR count). The maximum absolute atomic E-state index is 5.41. The second kappa shape index (κ2) is 3.22. The first-order valence-electron chi connectivity index (χ1n) is 1.29. The van der Waals surface area contributed by atoms with Crippen molar-refractivity contribution >= 4 is 31.4 Å². The van der Waals surface area contributed by atoms with Crippen molar-refractivity contribution < 1.29 is 0 Å². The first kappa shape index (κ1) is 6.02. The molecule has 0 saturated carbocycles. The zero-order valence-electron chi connectivity index (χ0n) is 3.46. The van der Waals surface area contributed by atoms with Crippen LogP contribution in [-0.2, 0) is 0 Å². The third kappa shape index (κ3) is 5.02. The normalized spacial score (nSPS) is 11.4. The fourth-order valence-corrected chi connectivity index (χ4v) is 0. The number of hydrogen-bond donors (Lipinski definition) is 0. The van der Waals surface area contributed by atoms with Gasteiger partial charge in [-0.25, -0.2) is 0 Å². The van der Waals surface area contributed by atoms with Gasteiger partial charge in [-0.3, -0.25) is 0 Å². The van der Waals surface area contributed by atoms with Crippen molar-refractivity contribution in [1.29, 1.82) is 0 Å². The first-order valence-corrected chi connectivity index (χ1v) is 7.67. The van der Waals surface area contributed by atoms with E-state index in [0.717, 1.165) is 3.89 Å². The van der Waals surface area contributed by atoms with Gasteiger partial charge in [0, 0.05) is 0 Å². The predicted molar refractivity (Wildman–Crippen MR) is 36.6 cm³/mol. The Bertz CT molecular complexity index is 20.9. The van der Waals surface area contributed by atoms with Crippen LogP contribution in [0.4, 0.5) is 0 Å². The van der Waals surface area contributed by atoms with E-state index in [1.165, 1.54) is 0 Å². The second-order valence-electron chi connectivity index (χ2n) is 1.01. The molecule has 0 bridgehead atoms. The summed E-state index contributed by atoms with van der Waals surface area (Å²) in [6.45, 7) is 0. The SMILES string of the molecule is CI(C)CCl. The maximum atomic E-state index is 5.41. The Morgan fingerprint density at radius 3 is 1.80 bits per heavy atom. The van der Waals surface area contributed by atoms with Crippen LogP contribution in [0, 0.1) is 0 Å². The molecule has 0 nitrogen and oxygen atoms in total. The van der Waals surface area contributed by atoms with Crippen molar-refractivity contribution in [2.45, 2.75) is 0 Å². The number of alkyl halides is 4. The third-order valence-electron chi connectivity index (χ3n) is 0.202. The van der Waals surface area contributed by atoms with Crippen molar-refractivity contribution in [3.05, 3.63) is 0 Å². The first-order chi connectivity index (χ1) is 2.27. The molecule has 0 aliphatic rings. The zero-order chi connectivity index (χ0) is 4.28. The Labute approximate surface area is 45.3 Å². The average molecular weight is 206 g/mol. The predicted octanol–water partition coefficient (Wildman–Crippen LogP) is 1.95.